The topological polar surface area (TPSA) is 17.8 Å². The van der Waals surface area contributed by atoms with Crippen molar-refractivity contribution in [2.24, 2.45) is 0 Å². The highest BCUT2D eigenvalue weighted by molar-refractivity contribution is 7.27. The maximum Gasteiger partial charge on any atom is 0.0716 e. The lowest BCUT2D eigenvalue weighted by molar-refractivity contribution is 1.18. The minimum atomic E-state index is 0.949. The SMILES string of the molecule is c1ccc(-c2cccc(-c3cc(-c4ccc(-n5c6ccccc6c6c7sc8ccccc8c7ccc65)cc4)nc(-c4ccc5c(c4)sc4ccccc45)c3)c2)cc1. The lowest BCUT2D eigenvalue weighted by Crippen LogP contribution is -1.95. The first-order valence-electron chi connectivity index (χ1n) is 19.3. The summed E-state index contributed by atoms with van der Waals surface area (Å²) in [5.41, 5.74) is 12.4. The van der Waals surface area contributed by atoms with Crippen molar-refractivity contribution in [1.82, 2.24) is 9.55 Å². The first kappa shape index (κ1) is 32.4. The second kappa shape index (κ2) is 12.9. The lowest BCUT2D eigenvalue weighted by atomic mass is 9.96. The first-order valence-corrected chi connectivity index (χ1v) is 20.9. The Morgan fingerprint density at radius 1 is 0.333 bits per heavy atom. The van der Waals surface area contributed by atoms with Crippen LogP contribution >= 0.6 is 22.7 Å². The Bertz CT molecular complexity index is 3510. The van der Waals surface area contributed by atoms with Gasteiger partial charge in [-0.2, -0.15) is 0 Å². The lowest BCUT2D eigenvalue weighted by Gasteiger charge is -2.13. The van der Waals surface area contributed by atoms with E-state index < -0.39 is 0 Å². The summed E-state index contributed by atoms with van der Waals surface area (Å²) in [5, 5.41) is 7.84. The van der Waals surface area contributed by atoms with E-state index >= 15 is 0 Å². The molecule has 12 rings (SSSR count). The molecule has 0 amide bonds. The molecule has 0 spiro atoms. The molecule has 0 unspecified atom stereocenters. The molecule has 0 fully saturated rings. The molecule has 0 saturated heterocycles. The van der Waals surface area contributed by atoms with Gasteiger partial charge in [0.25, 0.3) is 0 Å². The number of rotatable bonds is 5. The fraction of sp³-hybridized carbons (Fsp3) is 0. The molecule has 266 valence electrons. The molecule has 12 aromatic rings. The van der Waals surface area contributed by atoms with Crippen LogP contribution in [0, 0.1) is 0 Å². The average Bonchev–Trinajstić information content (AvgIpc) is 3.96. The molecule has 0 saturated carbocycles. The number of nitrogens with zero attached hydrogens (tertiary/aromatic N) is 2. The zero-order valence-corrected chi connectivity index (χ0v) is 32.3. The van der Waals surface area contributed by atoms with E-state index in [0.29, 0.717) is 0 Å². The van der Waals surface area contributed by atoms with Crippen LogP contribution < -0.4 is 0 Å². The maximum absolute atomic E-state index is 5.39. The van der Waals surface area contributed by atoms with Gasteiger partial charge in [0.2, 0.25) is 0 Å². The van der Waals surface area contributed by atoms with Crippen LogP contribution in [-0.4, -0.2) is 9.55 Å². The van der Waals surface area contributed by atoms with Gasteiger partial charge in [0.15, 0.2) is 0 Å². The molecule has 57 heavy (non-hydrogen) atoms. The Hall–Kier alpha value is -6.85. The zero-order valence-electron chi connectivity index (χ0n) is 30.7. The third-order valence-electron chi connectivity index (χ3n) is 11.4. The summed E-state index contributed by atoms with van der Waals surface area (Å²) in [6.45, 7) is 0. The number of fused-ring (bicyclic) bond motifs is 10. The van der Waals surface area contributed by atoms with Crippen molar-refractivity contribution >= 4 is 84.8 Å². The van der Waals surface area contributed by atoms with Gasteiger partial charge in [0.05, 0.1) is 22.4 Å². The molecular formula is C53H32N2S2. The van der Waals surface area contributed by atoms with E-state index in [1.165, 1.54) is 78.8 Å². The van der Waals surface area contributed by atoms with Crippen LogP contribution in [0.15, 0.2) is 194 Å². The second-order valence-electron chi connectivity index (χ2n) is 14.7. The largest absolute Gasteiger partial charge is 0.309 e. The van der Waals surface area contributed by atoms with E-state index in [9.17, 15) is 0 Å². The quantitative estimate of drug-likeness (QED) is 0.171. The summed E-state index contributed by atoms with van der Waals surface area (Å²) < 4.78 is 7.67. The average molecular weight is 761 g/mol. The molecule has 4 heterocycles. The third kappa shape index (κ3) is 5.26. The van der Waals surface area contributed by atoms with Crippen LogP contribution in [0.4, 0.5) is 0 Å². The van der Waals surface area contributed by atoms with E-state index in [1.807, 2.05) is 22.7 Å². The van der Waals surface area contributed by atoms with Gasteiger partial charge in [-0.05, 0) is 82.9 Å². The van der Waals surface area contributed by atoms with Crippen molar-refractivity contribution in [3.63, 3.8) is 0 Å². The number of aromatic nitrogens is 2. The van der Waals surface area contributed by atoms with Crippen LogP contribution in [0.1, 0.15) is 0 Å². The van der Waals surface area contributed by atoms with Crippen molar-refractivity contribution in [3.05, 3.63) is 194 Å². The summed E-state index contributed by atoms with van der Waals surface area (Å²) >= 11 is 3.74. The number of para-hydroxylation sites is 1. The third-order valence-corrected chi connectivity index (χ3v) is 13.7. The Morgan fingerprint density at radius 3 is 1.74 bits per heavy atom. The van der Waals surface area contributed by atoms with Gasteiger partial charge in [-0.25, -0.2) is 4.98 Å². The van der Waals surface area contributed by atoms with Gasteiger partial charge < -0.3 is 4.57 Å². The van der Waals surface area contributed by atoms with E-state index in [1.54, 1.807) is 0 Å². The smallest absolute Gasteiger partial charge is 0.0716 e. The molecule has 8 aromatic carbocycles. The number of pyridine rings is 1. The summed E-state index contributed by atoms with van der Waals surface area (Å²) in [4.78, 5) is 5.39. The van der Waals surface area contributed by atoms with Gasteiger partial charge in [0.1, 0.15) is 0 Å². The van der Waals surface area contributed by atoms with Crippen LogP contribution in [0.5, 0.6) is 0 Å². The number of benzene rings is 8. The Kier molecular flexibility index (Phi) is 7.31. The number of thiophene rings is 2. The predicted octanol–water partition coefficient (Wildman–Crippen LogP) is 15.6. The highest BCUT2D eigenvalue weighted by atomic mass is 32.1. The molecule has 0 radical (unpaired) electrons. The van der Waals surface area contributed by atoms with Crippen molar-refractivity contribution in [1.29, 1.82) is 0 Å². The van der Waals surface area contributed by atoms with Crippen molar-refractivity contribution in [2.45, 2.75) is 0 Å². The molecule has 0 atom stereocenters. The highest BCUT2D eigenvalue weighted by Gasteiger charge is 2.18. The van der Waals surface area contributed by atoms with Crippen LogP contribution in [0.3, 0.4) is 0 Å². The first-order chi connectivity index (χ1) is 28.2. The summed E-state index contributed by atoms with van der Waals surface area (Å²) in [5.74, 6) is 0. The second-order valence-corrected chi connectivity index (χ2v) is 16.9. The molecule has 0 aliphatic heterocycles. The van der Waals surface area contributed by atoms with Gasteiger partial charge >= 0.3 is 0 Å². The molecule has 2 nitrogen and oxygen atoms in total. The fourth-order valence-electron chi connectivity index (χ4n) is 8.68. The number of hydrogen-bond acceptors (Lipinski definition) is 3. The minimum Gasteiger partial charge on any atom is -0.309 e. The maximum atomic E-state index is 5.39. The Labute approximate surface area is 337 Å². The van der Waals surface area contributed by atoms with Crippen LogP contribution in [-0.2, 0) is 0 Å². The normalized spacial score (nSPS) is 11.9. The summed E-state index contributed by atoms with van der Waals surface area (Å²) in [7, 11) is 0. The Morgan fingerprint density at radius 2 is 0.930 bits per heavy atom. The number of hydrogen-bond donors (Lipinski definition) is 0. The molecule has 4 aromatic heterocycles. The van der Waals surface area contributed by atoms with E-state index in [4.69, 9.17) is 4.98 Å². The molecule has 4 heteroatoms. The fourth-order valence-corrected chi connectivity index (χ4v) is 11.1. The van der Waals surface area contributed by atoms with Gasteiger partial charge in [0, 0.05) is 67.9 Å². The predicted molar refractivity (Wildman–Crippen MR) is 246 cm³/mol. The molecular weight excluding hydrogens is 729 g/mol. The molecule has 0 N–H and O–H groups in total. The van der Waals surface area contributed by atoms with E-state index in [0.717, 1.165) is 33.8 Å². The van der Waals surface area contributed by atoms with Crippen LogP contribution in [0.25, 0.3) is 113 Å². The minimum absolute atomic E-state index is 0.949. The summed E-state index contributed by atoms with van der Waals surface area (Å²) in [6.07, 6.45) is 0. The molecule has 0 aliphatic rings. The standard InChI is InChI=1S/C53H32N2S2/c1-2-11-33(12-3-1)35-13-10-14-36(29-35)38-30-45(54-46(31-38)37-23-26-42-40-15-5-8-19-49(40)56-51(42)32-37)34-21-24-39(25-22-34)55-47-18-7-4-17-44(47)52-48(55)28-27-43-41-16-6-9-20-50(41)57-53(43)52/h1-32H. The molecule has 0 bridgehead atoms. The van der Waals surface area contributed by atoms with Gasteiger partial charge in [-0.15, -0.1) is 22.7 Å². The van der Waals surface area contributed by atoms with E-state index in [-0.39, 0.29) is 0 Å². The Balaban J connectivity index is 1.01. The van der Waals surface area contributed by atoms with Crippen molar-refractivity contribution < 1.29 is 0 Å². The van der Waals surface area contributed by atoms with Gasteiger partial charge in [-0.1, -0.05) is 133 Å². The molecule has 0 aliphatic carbocycles. The summed E-state index contributed by atoms with van der Waals surface area (Å²) in [6, 6.07) is 70.6. The van der Waals surface area contributed by atoms with Crippen LogP contribution in [0.2, 0.25) is 0 Å². The van der Waals surface area contributed by atoms with Crippen molar-refractivity contribution in [3.8, 4) is 50.5 Å². The van der Waals surface area contributed by atoms with Gasteiger partial charge in [-0.3, -0.25) is 0 Å². The zero-order chi connectivity index (χ0) is 37.5. The monoisotopic (exact) mass is 760 g/mol. The van der Waals surface area contributed by atoms with E-state index in [2.05, 4.69) is 199 Å². The van der Waals surface area contributed by atoms with Crippen molar-refractivity contribution in [2.75, 3.05) is 0 Å². The highest BCUT2D eigenvalue weighted by Crippen LogP contribution is 2.44.